The minimum atomic E-state index is -0.860. The van der Waals surface area contributed by atoms with E-state index in [2.05, 4.69) is 10.4 Å². The molecule has 0 bridgehead atoms. The van der Waals surface area contributed by atoms with E-state index in [0.29, 0.717) is 17.8 Å². The summed E-state index contributed by atoms with van der Waals surface area (Å²) in [5.41, 5.74) is 2.16. The van der Waals surface area contributed by atoms with Crippen LogP contribution in [0.1, 0.15) is 15.9 Å². The van der Waals surface area contributed by atoms with Crippen LogP contribution >= 0.6 is 0 Å². The molecule has 0 saturated carbocycles. The Morgan fingerprint density at radius 3 is 2.68 bits per heavy atom. The van der Waals surface area contributed by atoms with Gasteiger partial charge in [-0.3, -0.25) is 4.79 Å². The average molecular weight is 333 g/mol. The molecule has 0 unspecified atom stereocenters. The Balaban J connectivity index is 1.55. The molecule has 1 N–H and O–H groups in total. The molecule has 1 amide bonds. The lowest BCUT2D eigenvalue weighted by Gasteiger charge is -2.23. The second-order valence-electron chi connectivity index (χ2n) is 5.71. The van der Waals surface area contributed by atoms with Crippen LogP contribution in [-0.4, -0.2) is 27.8 Å². The third-order valence-electron chi connectivity index (χ3n) is 4.08. The summed E-state index contributed by atoms with van der Waals surface area (Å²) in [5.74, 6) is -0.329. The van der Waals surface area contributed by atoms with Crippen molar-refractivity contribution in [2.24, 2.45) is 0 Å². The summed E-state index contributed by atoms with van der Waals surface area (Å²) in [5, 5.41) is 7.02. The summed E-state index contributed by atoms with van der Waals surface area (Å²) < 4.78 is 6.91. The second kappa shape index (κ2) is 6.24. The summed E-state index contributed by atoms with van der Waals surface area (Å²) in [7, 11) is 0. The molecular formula is C19H15N3O3. The summed E-state index contributed by atoms with van der Waals surface area (Å²) in [6.45, 7) is 0. The zero-order chi connectivity index (χ0) is 17.2. The highest BCUT2D eigenvalue weighted by atomic mass is 16.5. The Kier molecular flexibility index (Phi) is 3.78. The number of carbonyl (C=O) groups is 2. The molecule has 4 rings (SSSR count). The van der Waals surface area contributed by atoms with Crippen molar-refractivity contribution in [1.29, 1.82) is 0 Å². The first-order valence-electron chi connectivity index (χ1n) is 7.91. The first-order chi connectivity index (χ1) is 12.2. The highest BCUT2D eigenvalue weighted by Crippen LogP contribution is 2.22. The molecule has 1 atom stereocenters. The third kappa shape index (κ3) is 2.89. The zero-order valence-corrected chi connectivity index (χ0v) is 13.3. The molecule has 2 aromatic carbocycles. The number of anilines is 1. The van der Waals surface area contributed by atoms with E-state index in [0.717, 1.165) is 11.3 Å². The summed E-state index contributed by atoms with van der Waals surface area (Å²) in [6.07, 6.45) is 1.10. The van der Waals surface area contributed by atoms with Crippen molar-refractivity contribution in [3.63, 3.8) is 0 Å². The normalized spacial score (nSPS) is 16.0. The number of nitrogens with zero attached hydrogens (tertiary/aromatic N) is 2. The number of carbonyl (C=O) groups excluding carboxylic acids is 2. The number of cyclic esters (lactones) is 1. The number of para-hydroxylation sites is 1. The van der Waals surface area contributed by atoms with Gasteiger partial charge in [0.25, 0.3) is 5.91 Å². The molecule has 0 spiro atoms. The number of benzene rings is 2. The van der Waals surface area contributed by atoms with Crippen LogP contribution in [0.25, 0.3) is 5.69 Å². The van der Waals surface area contributed by atoms with Crippen LogP contribution in [0.5, 0.6) is 0 Å². The van der Waals surface area contributed by atoms with Crippen molar-refractivity contribution < 1.29 is 14.3 Å². The molecular weight excluding hydrogens is 318 g/mol. The van der Waals surface area contributed by atoms with Crippen LogP contribution < -0.4 is 5.32 Å². The van der Waals surface area contributed by atoms with Crippen molar-refractivity contribution in [3.05, 3.63) is 78.0 Å². The van der Waals surface area contributed by atoms with Gasteiger partial charge in [0.05, 0.1) is 17.4 Å². The van der Waals surface area contributed by atoms with Gasteiger partial charge in [-0.2, -0.15) is 5.10 Å². The number of aromatic nitrogens is 2. The number of esters is 1. The molecule has 3 aromatic rings. The quantitative estimate of drug-likeness (QED) is 0.748. The molecule has 6 nitrogen and oxygen atoms in total. The number of ether oxygens (including phenoxy) is 1. The van der Waals surface area contributed by atoms with Crippen molar-refractivity contribution >= 4 is 17.7 Å². The molecule has 6 heteroatoms. The zero-order valence-electron chi connectivity index (χ0n) is 13.3. The summed E-state index contributed by atoms with van der Waals surface area (Å²) in [4.78, 5) is 24.6. The number of nitrogens with one attached hydrogen (secondary N) is 1. The summed E-state index contributed by atoms with van der Waals surface area (Å²) in [6, 6.07) is 18.3. The maximum atomic E-state index is 12.6. The highest BCUT2D eigenvalue weighted by Gasteiger charge is 2.31. The Hall–Kier alpha value is -3.41. The first-order valence-corrected chi connectivity index (χ1v) is 7.91. The van der Waals surface area contributed by atoms with Gasteiger partial charge in [0.1, 0.15) is 5.82 Å². The molecule has 1 aromatic heterocycles. The summed E-state index contributed by atoms with van der Waals surface area (Å²) >= 11 is 0. The van der Waals surface area contributed by atoms with E-state index in [1.807, 2.05) is 42.5 Å². The third-order valence-corrected chi connectivity index (χ3v) is 4.08. The van der Waals surface area contributed by atoms with Crippen LogP contribution in [0.4, 0.5) is 5.82 Å². The van der Waals surface area contributed by atoms with Gasteiger partial charge in [-0.1, -0.05) is 36.4 Å². The van der Waals surface area contributed by atoms with E-state index in [4.69, 9.17) is 4.74 Å². The van der Waals surface area contributed by atoms with Gasteiger partial charge in [-0.05, 0) is 23.8 Å². The van der Waals surface area contributed by atoms with Crippen LogP contribution in [0, 0.1) is 0 Å². The lowest BCUT2D eigenvalue weighted by molar-refractivity contribution is -0.125. The van der Waals surface area contributed by atoms with Crippen LogP contribution in [0.3, 0.4) is 0 Å². The molecule has 1 aliphatic heterocycles. The number of fused-ring (bicyclic) bond motifs is 1. The van der Waals surface area contributed by atoms with Gasteiger partial charge in [-0.25, -0.2) is 9.48 Å². The molecule has 2 heterocycles. The molecule has 0 aliphatic carbocycles. The standard InChI is InChI=1S/C19H15N3O3/c23-18(16-12-13-6-4-5-9-15(13)19(24)25-16)21-17-10-11-20-22(17)14-7-2-1-3-8-14/h1-11,16H,12H2,(H,21,23)/t16-/m1/s1. The number of rotatable bonds is 3. The largest absolute Gasteiger partial charge is 0.448 e. The number of hydrogen-bond acceptors (Lipinski definition) is 4. The van der Waals surface area contributed by atoms with Crippen LogP contribution in [0.2, 0.25) is 0 Å². The Bertz CT molecular complexity index is 934. The van der Waals surface area contributed by atoms with Crippen molar-refractivity contribution in [2.75, 3.05) is 5.32 Å². The van der Waals surface area contributed by atoms with E-state index in [-0.39, 0.29) is 5.91 Å². The maximum absolute atomic E-state index is 12.6. The smallest absolute Gasteiger partial charge is 0.339 e. The molecule has 1 aliphatic rings. The fourth-order valence-electron chi connectivity index (χ4n) is 2.86. The van der Waals surface area contributed by atoms with E-state index in [1.54, 1.807) is 29.1 Å². The lowest BCUT2D eigenvalue weighted by atomic mass is 9.98. The molecule has 0 saturated heterocycles. The topological polar surface area (TPSA) is 73.2 Å². The van der Waals surface area contributed by atoms with E-state index in [9.17, 15) is 9.59 Å². The van der Waals surface area contributed by atoms with Gasteiger partial charge in [0.2, 0.25) is 0 Å². The maximum Gasteiger partial charge on any atom is 0.339 e. The first kappa shape index (κ1) is 15.1. The minimum absolute atomic E-state index is 0.354. The highest BCUT2D eigenvalue weighted by molar-refractivity contribution is 5.99. The number of hydrogen-bond donors (Lipinski definition) is 1. The van der Waals surface area contributed by atoms with Crippen LogP contribution in [-0.2, 0) is 16.0 Å². The Labute approximate surface area is 144 Å². The average Bonchev–Trinajstić information content (AvgIpc) is 3.10. The fourth-order valence-corrected chi connectivity index (χ4v) is 2.86. The molecule has 0 fully saturated rings. The van der Waals surface area contributed by atoms with E-state index in [1.165, 1.54) is 0 Å². The fraction of sp³-hybridized carbons (Fsp3) is 0.105. The lowest BCUT2D eigenvalue weighted by Crippen LogP contribution is -2.38. The van der Waals surface area contributed by atoms with Gasteiger partial charge in [0, 0.05) is 12.5 Å². The van der Waals surface area contributed by atoms with Gasteiger partial charge >= 0.3 is 5.97 Å². The van der Waals surface area contributed by atoms with Gasteiger partial charge < -0.3 is 10.1 Å². The number of amides is 1. The predicted octanol–water partition coefficient (Wildman–Crippen LogP) is 2.59. The SMILES string of the molecule is O=C1O[C@@H](C(=O)Nc2ccnn2-c2ccccc2)Cc2ccccc21. The monoisotopic (exact) mass is 333 g/mol. The van der Waals surface area contributed by atoms with Crippen LogP contribution in [0.15, 0.2) is 66.9 Å². The van der Waals surface area contributed by atoms with Crippen molar-refractivity contribution in [2.45, 2.75) is 12.5 Å². The van der Waals surface area contributed by atoms with Crippen molar-refractivity contribution in [1.82, 2.24) is 9.78 Å². The molecule has 25 heavy (non-hydrogen) atoms. The molecule has 0 radical (unpaired) electrons. The van der Waals surface area contributed by atoms with Crippen molar-refractivity contribution in [3.8, 4) is 5.69 Å². The Morgan fingerprint density at radius 1 is 1.08 bits per heavy atom. The second-order valence-corrected chi connectivity index (χ2v) is 5.71. The van der Waals surface area contributed by atoms with E-state index >= 15 is 0 Å². The molecule has 124 valence electrons. The van der Waals surface area contributed by atoms with E-state index < -0.39 is 12.1 Å². The Morgan fingerprint density at radius 2 is 1.84 bits per heavy atom. The van der Waals surface area contributed by atoms with Gasteiger partial charge in [0.15, 0.2) is 6.10 Å². The van der Waals surface area contributed by atoms with Gasteiger partial charge in [-0.15, -0.1) is 0 Å². The predicted molar refractivity (Wildman–Crippen MR) is 91.5 cm³/mol. The minimum Gasteiger partial charge on any atom is -0.448 e.